The number of nitriles is 1. The topological polar surface area (TPSA) is 80.6 Å². The molecule has 0 aliphatic rings. The Hall–Kier alpha value is -3.66. The van der Waals surface area contributed by atoms with Crippen molar-refractivity contribution in [2.45, 2.75) is 13.5 Å². The Balaban J connectivity index is 1.88. The van der Waals surface area contributed by atoms with Crippen LogP contribution in [0.3, 0.4) is 0 Å². The van der Waals surface area contributed by atoms with Gasteiger partial charge in [-0.25, -0.2) is 0 Å². The quantitative estimate of drug-likeness (QED) is 0.286. The van der Waals surface area contributed by atoms with Gasteiger partial charge in [0.15, 0.2) is 0 Å². The molecule has 0 saturated heterocycles. The molecule has 0 unspecified atom stereocenters. The molecular weight excluding hydrogens is 475 g/mol. The number of hydrogen-bond acceptors (Lipinski definition) is 5. The highest BCUT2D eigenvalue weighted by Crippen LogP contribution is 2.36. The number of ether oxygens (including phenoxy) is 3. The van der Waals surface area contributed by atoms with E-state index in [1.165, 1.54) is 32.4 Å². The smallest absolute Gasteiger partial charge is 0.266 e. The minimum absolute atomic E-state index is 0.154. The van der Waals surface area contributed by atoms with Crippen LogP contribution in [0.25, 0.3) is 6.08 Å². The number of hydrogen-bond donors (Lipinski definition) is 1. The van der Waals surface area contributed by atoms with Crippen molar-refractivity contribution in [2.75, 3.05) is 19.5 Å². The Morgan fingerprint density at radius 1 is 1.03 bits per heavy atom. The van der Waals surface area contributed by atoms with Gasteiger partial charge in [-0.2, -0.15) is 5.26 Å². The lowest BCUT2D eigenvalue weighted by Gasteiger charge is -2.13. The van der Waals surface area contributed by atoms with Crippen LogP contribution in [0.2, 0.25) is 10.0 Å². The third-order valence-corrected chi connectivity index (χ3v) is 5.37. The molecule has 0 heterocycles. The molecule has 8 heteroatoms. The third-order valence-electron chi connectivity index (χ3n) is 4.84. The summed E-state index contributed by atoms with van der Waals surface area (Å²) >= 11 is 12.3. The lowest BCUT2D eigenvalue weighted by molar-refractivity contribution is -0.112. The highest BCUT2D eigenvalue weighted by Gasteiger charge is 2.16. The molecule has 0 aromatic heterocycles. The first-order valence-electron chi connectivity index (χ1n) is 10.2. The average molecular weight is 497 g/mol. The first-order chi connectivity index (χ1) is 16.3. The summed E-state index contributed by atoms with van der Waals surface area (Å²) in [5.74, 6) is 0.510. The molecule has 0 spiro atoms. The summed E-state index contributed by atoms with van der Waals surface area (Å²) in [6.45, 7) is 2.32. The molecule has 0 radical (unpaired) electrons. The minimum Gasteiger partial charge on any atom is -0.495 e. The minimum atomic E-state index is -0.644. The second-order valence-corrected chi connectivity index (χ2v) is 8.11. The van der Waals surface area contributed by atoms with Crippen LogP contribution < -0.4 is 19.5 Å². The number of rotatable bonds is 8. The molecule has 1 N–H and O–H groups in total. The summed E-state index contributed by atoms with van der Waals surface area (Å²) in [6.07, 6.45) is 1.42. The SMILES string of the molecule is COc1cc(NC(=O)/C(C#N)=C/c2cc(Cl)ccc2OCc2cccc(C)c2)c(OC)cc1Cl. The summed E-state index contributed by atoms with van der Waals surface area (Å²) in [5.41, 5.74) is 2.75. The van der Waals surface area contributed by atoms with Crippen molar-refractivity contribution in [3.05, 3.63) is 86.9 Å². The average Bonchev–Trinajstić information content (AvgIpc) is 2.82. The van der Waals surface area contributed by atoms with Crippen molar-refractivity contribution >= 4 is 40.9 Å². The largest absolute Gasteiger partial charge is 0.495 e. The van der Waals surface area contributed by atoms with Gasteiger partial charge in [0.05, 0.1) is 24.9 Å². The molecule has 0 aliphatic carbocycles. The molecule has 0 fully saturated rings. The van der Waals surface area contributed by atoms with Crippen molar-refractivity contribution in [1.29, 1.82) is 5.26 Å². The molecule has 0 saturated carbocycles. The summed E-state index contributed by atoms with van der Waals surface area (Å²) in [5, 5.41) is 13.1. The van der Waals surface area contributed by atoms with Crippen LogP contribution in [0.15, 0.2) is 60.2 Å². The van der Waals surface area contributed by atoms with Gasteiger partial charge in [-0.05, 0) is 36.8 Å². The van der Waals surface area contributed by atoms with Crippen LogP contribution in [0.4, 0.5) is 5.69 Å². The molecule has 3 aromatic carbocycles. The van der Waals surface area contributed by atoms with Gasteiger partial charge in [0.2, 0.25) is 0 Å². The Morgan fingerprint density at radius 3 is 2.47 bits per heavy atom. The molecule has 0 atom stereocenters. The molecular formula is C26H22Cl2N2O4. The van der Waals surface area contributed by atoms with E-state index in [2.05, 4.69) is 5.32 Å². The van der Waals surface area contributed by atoms with Crippen LogP contribution in [0.1, 0.15) is 16.7 Å². The summed E-state index contributed by atoms with van der Waals surface area (Å²) in [6, 6.07) is 17.9. The number of anilines is 1. The van der Waals surface area contributed by atoms with Gasteiger partial charge in [0.1, 0.15) is 35.5 Å². The molecule has 34 heavy (non-hydrogen) atoms. The van der Waals surface area contributed by atoms with Gasteiger partial charge in [0.25, 0.3) is 5.91 Å². The normalized spacial score (nSPS) is 10.9. The fourth-order valence-corrected chi connectivity index (χ4v) is 3.59. The lowest BCUT2D eigenvalue weighted by atomic mass is 10.1. The number of carbonyl (C=O) groups is 1. The van der Waals surface area contributed by atoms with Gasteiger partial charge < -0.3 is 19.5 Å². The van der Waals surface area contributed by atoms with E-state index in [1.807, 2.05) is 37.3 Å². The first-order valence-corrected chi connectivity index (χ1v) is 10.9. The monoisotopic (exact) mass is 496 g/mol. The summed E-state index contributed by atoms with van der Waals surface area (Å²) < 4.78 is 16.4. The third kappa shape index (κ3) is 6.22. The zero-order valence-electron chi connectivity index (χ0n) is 18.8. The Labute approximate surface area is 208 Å². The van der Waals surface area contributed by atoms with Crippen molar-refractivity contribution in [3.63, 3.8) is 0 Å². The van der Waals surface area contributed by atoms with Crippen LogP contribution in [0.5, 0.6) is 17.2 Å². The molecule has 174 valence electrons. The number of benzene rings is 3. The van der Waals surface area contributed by atoms with E-state index in [0.717, 1.165) is 11.1 Å². The second-order valence-electron chi connectivity index (χ2n) is 7.27. The van der Waals surface area contributed by atoms with Gasteiger partial charge >= 0.3 is 0 Å². The van der Waals surface area contributed by atoms with Gasteiger partial charge in [-0.1, -0.05) is 53.0 Å². The second kappa shape index (κ2) is 11.5. The standard InChI is InChI=1S/C26H22Cl2N2O4/c1-16-5-4-6-17(9-16)15-34-23-8-7-20(27)11-18(23)10-19(14-29)26(31)30-22-13-24(32-2)21(28)12-25(22)33-3/h4-13H,15H2,1-3H3,(H,30,31)/b19-10+. The van der Waals surface area contributed by atoms with Crippen molar-refractivity contribution in [1.82, 2.24) is 0 Å². The first kappa shape index (κ1) is 25.0. The van der Waals surface area contributed by atoms with E-state index in [0.29, 0.717) is 45.2 Å². The molecule has 0 aliphatic heterocycles. The van der Waals surface area contributed by atoms with Gasteiger partial charge in [0, 0.05) is 22.7 Å². The predicted octanol–water partition coefficient (Wildman–Crippen LogP) is 6.44. The number of aryl methyl sites for hydroxylation is 1. The highest BCUT2D eigenvalue weighted by atomic mass is 35.5. The maximum atomic E-state index is 12.9. The van der Waals surface area contributed by atoms with Crippen molar-refractivity contribution in [2.24, 2.45) is 0 Å². The maximum Gasteiger partial charge on any atom is 0.266 e. The number of methoxy groups -OCH3 is 2. The fraction of sp³-hybridized carbons (Fsp3) is 0.154. The van der Waals surface area contributed by atoms with Crippen LogP contribution in [0, 0.1) is 18.3 Å². The van der Waals surface area contributed by atoms with Crippen LogP contribution in [-0.2, 0) is 11.4 Å². The van der Waals surface area contributed by atoms with E-state index in [1.54, 1.807) is 18.2 Å². The van der Waals surface area contributed by atoms with Crippen molar-refractivity contribution < 1.29 is 19.0 Å². The van der Waals surface area contributed by atoms with E-state index in [4.69, 9.17) is 37.4 Å². The number of nitrogens with zero attached hydrogens (tertiary/aromatic N) is 1. The zero-order chi connectivity index (χ0) is 24.7. The zero-order valence-corrected chi connectivity index (χ0v) is 20.3. The van der Waals surface area contributed by atoms with Gasteiger partial charge in [-0.15, -0.1) is 0 Å². The number of carbonyl (C=O) groups excluding carboxylic acids is 1. The highest BCUT2D eigenvalue weighted by molar-refractivity contribution is 6.32. The number of halogens is 2. The van der Waals surface area contributed by atoms with Crippen LogP contribution >= 0.6 is 23.2 Å². The van der Waals surface area contributed by atoms with Crippen LogP contribution in [-0.4, -0.2) is 20.1 Å². The summed E-state index contributed by atoms with van der Waals surface area (Å²) in [7, 11) is 2.90. The predicted molar refractivity (Wildman–Crippen MR) is 134 cm³/mol. The number of amides is 1. The van der Waals surface area contributed by atoms with Crippen molar-refractivity contribution in [3.8, 4) is 23.3 Å². The summed E-state index contributed by atoms with van der Waals surface area (Å²) in [4.78, 5) is 12.9. The molecule has 6 nitrogen and oxygen atoms in total. The molecule has 3 rings (SSSR count). The maximum absolute atomic E-state index is 12.9. The Morgan fingerprint density at radius 2 is 1.79 bits per heavy atom. The molecule has 1 amide bonds. The van der Waals surface area contributed by atoms with E-state index in [9.17, 15) is 10.1 Å². The Bertz CT molecular complexity index is 1280. The van der Waals surface area contributed by atoms with E-state index in [-0.39, 0.29) is 5.57 Å². The lowest BCUT2D eigenvalue weighted by Crippen LogP contribution is -2.14. The molecule has 0 bridgehead atoms. The Kier molecular flexibility index (Phi) is 8.42. The van der Waals surface area contributed by atoms with E-state index >= 15 is 0 Å². The number of nitrogens with one attached hydrogen (secondary N) is 1. The molecule has 3 aromatic rings. The fourth-order valence-electron chi connectivity index (χ4n) is 3.18. The van der Waals surface area contributed by atoms with Gasteiger partial charge in [-0.3, -0.25) is 4.79 Å². The van der Waals surface area contributed by atoms with E-state index < -0.39 is 5.91 Å².